The number of halogens is 2. The van der Waals surface area contributed by atoms with Crippen molar-refractivity contribution in [3.8, 4) is 11.5 Å². The van der Waals surface area contributed by atoms with Crippen molar-refractivity contribution in [1.82, 2.24) is 9.62 Å². The van der Waals surface area contributed by atoms with Gasteiger partial charge in [-0.1, -0.05) is 29.3 Å². The molecule has 1 N–H and O–H groups in total. The first kappa shape index (κ1) is 23.7. The molecule has 1 aliphatic heterocycles. The highest BCUT2D eigenvalue weighted by molar-refractivity contribution is 7.89. The Kier molecular flexibility index (Phi) is 7.69. The lowest BCUT2D eigenvalue weighted by Gasteiger charge is -2.31. The highest BCUT2D eigenvalue weighted by atomic mass is 35.5. The normalized spacial score (nSPS) is 15.5. The molecule has 1 saturated heterocycles. The fourth-order valence-corrected chi connectivity index (χ4v) is 6.12. The highest BCUT2D eigenvalue weighted by Gasteiger charge is 2.34. The quantitative estimate of drug-likeness (QED) is 0.644. The predicted octanol–water partition coefficient (Wildman–Crippen LogP) is 3.73. The monoisotopic (exact) mass is 486 g/mol. The van der Waals surface area contributed by atoms with Gasteiger partial charge in [-0.3, -0.25) is 4.79 Å². The van der Waals surface area contributed by atoms with E-state index in [1.807, 2.05) is 6.07 Å². The lowest BCUT2D eigenvalue weighted by atomic mass is 9.97. The second-order valence-electron chi connectivity index (χ2n) is 7.12. The molecule has 0 aliphatic carbocycles. The van der Waals surface area contributed by atoms with Gasteiger partial charge in [-0.05, 0) is 43.2 Å². The largest absolute Gasteiger partial charge is 0.497 e. The summed E-state index contributed by atoms with van der Waals surface area (Å²) in [6.07, 6.45) is 0.810. The Morgan fingerprint density at radius 3 is 2.32 bits per heavy atom. The molecule has 2 aromatic carbocycles. The zero-order valence-corrected chi connectivity index (χ0v) is 19.6. The molecule has 0 spiro atoms. The Labute approximate surface area is 192 Å². The van der Waals surface area contributed by atoms with Gasteiger partial charge in [0.25, 0.3) is 0 Å². The molecular weight excluding hydrogens is 463 g/mol. The Morgan fingerprint density at radius 1 is 1.10 bits per heavy atom. The molecule has 2 aromatic rings. The molecule has 0 radical (unpaired) electrons. The van der Waals surface area contributed by atoms with Crippen LogP contribution in [-0.2, 0) is 21.4 Å². The van der Waals surface area contributed by atoms with Gasteiger partial charge in [-0.2, -0.15) is 4.31 Å². The van der Waals surface area contributed by atoms with Gasteiger partial charge in [0.15, 0.2) is 0 Å². The summed E-state index contributed by atoms with van der Waals surface area (Å²) in [4.78, 5) is 12.6. The summed E-state index contributed by atoms with van der Waals surface area (Å²) < 4.78 is 37.8. The number of amides is 1. The van der Waals surface area contributed by atoms with Crippen LogP contribution in [0.1, 0.15) is 18.4 Å². The van der Waals surface area contributed by atoms with Gasteiger partial charge in [-0.15, -0.1) is 0 Å². The molecular formula is C21H24Cl2N2O5S. The van der Waals surface area contributed by atoms with E-state index in [2.05, 4.69) is 5.32 Å². The van der Waals surface area contributed by atoms with E-state index in [1.165, 1.54) is 16.4 Å². The first-order valence-electron chi connectivity index (χ1n) is 9.70. The van der Waals surface area contributed by atoms with E-state index in [0.717, 1.165) is 5.56 Å². The zero-order valence-electron chi connectivity index (χ0n) is 17.2. The Bertz CT molecular complexity index is 1030. The van der Waals surface area contributed by atoms with Crippen LogP contribution in [0.3, 0.4) is 0 Å². The molecule has 0 aromatic heterocycles. The summed E-state index contributed by atoms with van der Waals surface area (Å²) in [5.41, 5.74) is 0.795. The van der Waals surface area contributed by atoms with Crippen molar-refractivity contribution in [1.29, 1.82) is 0 Å². The minimum atomic E-state index is -3.84. The molecule has 1 fully saturated rings. The number of nitrogens with one attached hydrogen (secondary N) is 1. The summed E-state index contributed by atoms with van der Waals surface area (Å²) in [5.74, 6) is 0.905. The maximum atomic E-state index is 13.0. The van der Waals surface area contributed by atoms with E-state index in [0.29, 0.717) is 24.3 Å². The van der Waals surface area contributed by atoms with Gasteiger partial charge in [0, 0.05) is 31.1 Å². The number of sulfonamides is 1. The molecule has 1 amide bonds. The topological polar surface area (TPSA) is 84.9 Å². The molecule has 10 heteroatoms. The van der Waals surface area contributed by atoms with Gasteiger partial charge < -0.3 is 14.8 Å². The van der Waals surface area contributed by atoms with Gasteiger partial charge in [0.05, 0.1) is 24.3 Å². The molecule has 3 rings (SSSR count). The number of hydrogen-bond acceptors (Lipinski definition) is 5. The maximum Gasteiger partial charge on any atom is 0.246 e. The van der Waals surface area contributed by atoms with Crippen LogP contribution in [0.15, 0.2) is 41.3 Å². The zero-order chi connectivity index (χ0) is 22.6. The van der Waals surface area contributed by atoms with Crippen molar-refractivity contribution in [3.63, 3.8) is 0 Å². The SMILES string of the molecule is COc1ccc(OC)c(CNC(=O)C2CCN(S(=O)(=O)c3c(Cl)cccc3Cl)CC2)c1. The van der Waals surface area contributed by atoms with Gasteiger partial charge in [0.1, 0.15) is 16.4 Å². The molecule has 31 heavy (non-hydrogen) atoms. The predicted molar refractivity (Wildman–Crippen MR) is 119 cm³/mol. The van der Waals surface area contributed by atoms with E-state index < -0.39 is 10.0 Å². The lowest BCUT2D eigenvalue weighted by molar-refractivity contribution is -0.126. The molecule has 0 saturated carbocycles. The third kappa shape index (κ3) is 5.26. The first-order valence-corrected chi connectivity index (χ1v) is 11.9. The van der Waals surface area contributed by atoms with E-state index in [4.69, 9.17) is 32.7 Å². The Balaban J connectivity index is 1.62. The summed E-state index contributed by atoms with van der Waals surface area (Å²) >= 11 is 12.2. The number of methoxy groups -OCH3 is 2. The highest BCUT2D eigenvalue weighted by Crippen LogP contribution is 2.33. The smallest absolute Gasteiger partial charge is 0.246 e. The molecule has 0 unspecified atom stereocenters. The standard InChI is InChI=1S/C21H24Cl2N2O5S/c1-29-16-6-7-19(30-2)15(12-16)13-24-21(26)14-8-10-25(11-9-14)31(27,28)20-17(22)4-3-5-18(20)23/h3-7,12,14H,8-11,13H2,1-2H3,(H,24,26). The number of benzene rings is 2. The van der Waals surface area contributed by atoms with E-state index in [1.54, 1.807) is 32.4 Å². The molecule has 7 nitrogen and oxygen atoms in total. The second kappa shape index (κ2) is 10.1. The third-order valence-corrected chi connectivity index (χ3v) is 8.14. The van der Waals surface area contributed by atoms with Crippen LogP contribution in [0.2, 0.25) is 10.0 Å². The van der Waals surface area contributed by atoms with Crippen LogP contribution in [-0.4, -0.2) is 45.9 Å². The number of carbonyl (C=O) groups is 1. The van der Waals surface area contributed by atoms with Crippen molar-refractivity contribution >= 4 is 39.1 Å². The average Bonchev–Trinajstić information content (AvgIpc) is 2.77. The number of carbonyl (C=O) groups excluding carboxylic acids is 1. The van der Waals surface area contributed by atoms with Crippen LogP contribution in [0.25, 0.3) is 0 Å². The van der Waals surface area contributed by atoms with Crippen LogP contribution in [0.4, 0.5) is 0 Å². The lowest BCUT2D eigenvalue weighted by Crippen LogP contribution is -2.43. The number of rotatable bonds is 7. The van der Waals surface area contributed by atoms with Crippen LogP contribution in [0, 0.1) is 5.92 Å². The summed E-state index contributed by atoms with van der Waals surface area (Å²) in [5, 5.41) is 3.08. The molecule has 0 bridgehead atoms. The van der Waals surface area contributed by atoms with Crippen molar-refractivity contribution < 1.29 is 22.7 Å². The summed E-state index contributed by atoms with van der Waals surface area (Å²) in [6, 6.07) is 9.95. The van der Waals surface area contributed by atoms with Crippen molar-refractivity contribution in [2.75, 3.05) is 27.3 Å². The second-order valence-corrected chi connectivity index (χ2v) is 9.81. The van der Waals surface area contributed by atoms with E-state index in [-0.39, 0.29) is 46.4 Å². The fourth-order valence-electron chi connectivity index (χ4n) is 3.56. The number of hydrogen-bond donors (Lipinski definition) is 1. The van der Waals surface area contributed by atoms with Crippen LogP contribution >= 0.6 is 23.2 Å². The fraction of sp³-hybridized carbons (Fsp3) is 0.381. The number of nitrogens with zero attached hydrogens (tertiary/aromatic N) is 1. The van der Waals surface area contributed by atoms with E-state index >= 15 is 0 Å². The Hall–Kier alpha value is -2.00. The summed E-state index contributed by atoms with van der Waals surface area (Å²) in [7, 11) is -0.702. The van der Waals surface area contributed by atoms with E-state index in [9.17, 15) is 13.2 Å². The summed E-state index contributed by atoms with van der Waals surface area (Å²) in [6.45, 7) is 0.710. The molecule has 1 aliphatic rings. The number of piperidine rings is 1. The van der Waals surface area contributed by atoms with Gasteiger partial charge >= 0.3 is 0 Å². The van der Waals surface area contributed by atoms with Crippen molar-refractivity contribution in [2.24, 2.45) is 5.92 Å². The van der Waals surface area contributed by atoms with Crippen molar-refractivity contribution in [3.05, 3.63) is 52.0 Å². The first-order chi connectivity index (χ1) is 14.8. The number of ether oxygens (including phenoxy) is 2. The minimum absolute atomic E-state index is 0.0830. The third-order valence-electron chi connectivity index (χ3n) is 5.28. The maximum absolute atomic E-state index is 13.0. The van der Waals surface area contributed by atoms with Gasteiger partial charge in [0.2, 0.25) is 15.9 Å². The Morgan fingerprint density at radius 2 is 1.74 bits per heavy atom. The molecule has 168 valence electrons. The van der Waals surface area contributed by atoms with Gasteiger partial charge in [-0.25, -0.2) is 8.42 Å². The van der Waals surface area contributed by atoms with Crippen LogP contribution < -0.4 is 14.8 Å². The van der Waals surface area contributed by atoms with Crippen LogP contribution in [0.5, 0.6) is 11.5 Å². The average molecular weight is 487 g/mol. The molecule has 0 atom stereocenters. The van der Waals surface area contributed by atoms with Crippen molar-refractivity contribution in [2.45, 2.75) is 24.3 Å². The minimum Gasteiger partial charge on any atom is -0.497 e. The molecule has 1 heterocycles.